The van der Waals surface area contributed by atoms with Crippen molar-refractivity contribution in [2.45, 2.75) is 44.4 Å². The summed E-state index contributed by atoms with van der Waals surface area (Å²) in [6.45, 7) is 8.54. The van der Waals surface area contributed by atoms with E-state index in [1.54, 1.807) is 0 Å². The maximum absolute atomic E-state index is 5.90. The van der Waals surface area contributed by atoms with Crippen molar-refractivity contribution in [2.75, 3.05) is 39.4 Å². The highest BCUT2D eigenvalue weighted by molar-refractivity contribution is 4.88. The maximum Gasteiger partial charge on any atom is 0.0707 e. The van der Waals surface area contributed by atoms with Crippen LogP contribution in [0.3, 0.4) is 0 Å². The lowest BCUT2D eigenvalue weighted by Gasteiger charge is -2.39. The van der Waals surface area contributed by atoms with Crippen LogP contribution in [0.2, 0.25) is 0 Å². The second kappa shape index (κ2) is 5.87. The van der Waals surface area contributed by atoms with Crippen LogP contribution >= 0.6 is 0 Å². The molecule has 0 spiro atoms. The lowest BCUT2D eigenvalue weighted by atomic mass is 9.94. The van der Waals surface area contributed by atoms with Crippen LogP contribution in [0.1, 0.15) is 26.2 Å². The van der Waals surface area contributed by atoms with Crippen molar-refractivity contribution in [3.8, 4) is 0 Å². The highest BCUT2D eigenvalue weighted by Gasteiger charge is 2.36. The molecule has 0 aromatic carbocycles. The molecule has 104 valence electrons. The van der Waals surface area contributed by atoms with E-state index >= 15 is 0 Å². The summed E-state index contributed by atoms with van der Waals surface area (Å²) < 4.78 is 11.6. The second-order valence-electron chi connectivity index (χ2n) is 5.96. The van der Waals surface area contributed by atoms with Gasteiger partial charge in [0.15, 0.2) is 0 Å². The molecule has 4 atom stereocenters. The Morgan fingerprint density at radius 3 is 2.67 bits per heavy atom. The van der Waals surface area contributed by atoms with Gasteiger partial charge < -0.3 is 14.8 Å². The molecule has 1 N–H and O–H groups in total. The minimum atomic E-state index is 0.505. The zero-order chi connectivity index (χ0) is 12.4. The Bertz CT molecular complexity index is 261. The van der Waals surface area contributed by atoms with Crippen LogP contribution in [0.25, 0.3) is 0 Å². The van der Waals surface area contributed by atoms with Crippen LogP contribution in [-0.2, 0) is 9.47 Å². The van der Waals surface area contributed by atoms with Crippen LogP contribution in [0, 0.1) is 5.92 Å². The summed E-state index contributed by atoms with van der Waals surface area (Å²) in [5.74, 6) is 0.649. The summed E-state index contributed by atoms with van der Waals surface area (Å²) in [4.78, 5) is 2.61. The van der Waals surface area contributed by atoms with E-state index in [0.29, 0.717) is 24.2 Å². The molecule has 3 fully saturated rings. The fourth-order valence-electron chi connectivity index (χ4n) is 3.69. The van der Waals surface area contributed by atoms with Crippen LogP contribution in [0.4, 0.5) is 0 Å². The van der Waals surface area contributed by atoms with E-state index in [0.717, 1.165) is 39.3 Å². The summed E-state index contributed by atoms with van der Waals surface area (Å²) in [5, 5.41) is 3.62. The van der Waals surface area contributed by atoms with Gasteiger partial charge in [-0.15, -0.1) is 0 Å². The smallest absolute Gasteiger partial charge is 0.0707 e. The molecule has 3 rings (SSSR count). The Kier molecular flexibility index (Phi) is 4.19. The quantitative estimate of drug-likeness (QED) is 0.807. The van der Waals surface area contributed by atoms with Crippen molar-refractivity contribution in [1.29, 1.82) is 0 Å². The van der Waals surface area contributed by atoms with Gasteiger partial charge in [-0.1, -0.05) is 6.92 Å². The molecule has 4 unspecified atom stereocenters. The summed E-state index contributed by atoms with van der Waals surface area (Å²) >= 11 is 0. The maximum atomic E-state index is 5.90. The highest BCUT2D eigenvalue weighted by atomic mass is 16.5. The molecule has 3 heterocycles. The fraction of sp³-hybridized carbons (Fsp3) is 1.00. The number of morpholine rings is 1. The lowest BCUT2D eigenvalue weighted by Crippen LogP contribution is -2.51. The first-order chi connectivity index (χ1) is 8.85. The third-order valence-electron chi connectivity index (χ3n) is 4.55. The number of hydrogen-bond donors (Lipinski definition) is 1. The largest absolute Gasteiger partial charge is 0.381 e. The first-order valence-corrected chi connectivity index (χ1v) is 7.54. The third kappa shape index (κ3) is 2.87. The predicted molar refractivity (Wildman–Crippen MR) is 70.7 cm³/mol. The van der Waals surface area contributed by atoms with Gasteiger partial charge in [-0.3, -0.25) is 4.90 Å². The molecule has 0 aliphatic carbocycles. The molecule has 2 bridgehead atoms. The SMILES string of the molecule is CCNC1CCOCC1CN1CC2CCC(C1)O2. The van der Waals surface area contributed by atoms with Gasteiger partial charge in [-0.05, 0) is 25.8 Å². The number of fused-ring (bicyclic) bond motifs is 2. The first-order valence-electron chi connectivity index (χ1n) is 7.54. The van der Waals surface area contributed by atoms with Crippen molar-refractivity contribution >= 4 is 0 Å². The van der Waals surface area contributed by atoms with Gasteiger partial charge in [-0.2, -0.15) is 0 Å². The summed E-state index contributed by atoms with van der Waals surface area (Å²) in [6.07, 6.45) is 4.70. The first kappa shape index (κ1) is 12.9. The fourth-order valence-corrected chi connectivity index (χ4v) is 3.69. The molecule has 0 aromatic heterocycles. The minimum absolute atomic E-state index is 0.505. The number of nitrogens with zero attached hydrogens (tertiary/aromatic N) is 1. The van der Waals surface area contributed by atoms with E-state index in [2.05, 4.69) is 17.1 Å². The van der Waals surface area contributed by atoms with Crippen LogP contribution in [0.15, 0.2) is 0 Å². The van der Waals surface area contributed by atoms with Gasteiger partial charge in [0.1, 0.15) is 0 Å². The van der Waals surface area contributed by atoms with E-state index < -0.39 is 0 Å². The molecule has 0 saturated carbocycles. The summed E-state index contributed by atoms with van der Waals surface area (Å²) in [7, 11) is 0. The minimum Gasteiger partial charge on any atom is -0.381 e. The van der Waals surface area contributed by atoms with Gasteiger partial charge in [0.2, 0.25) is 0 Å². The van der Waals surface area contributed by atoms with E-state index in [1.165, 1.54) is 19.4 Å². The lowest BCUT2D eigenvalue weighted by molar-refractivity contribution is -0.0554. The Labute approximate surface area is 110 Å². The Morgan fingerprint density at radius 1 is 1.17 bits per heavy atom. The van der Waals surface area contributed by atoms with Crippen molar-refractivity contribution in [1.82, 2.24) is 10.2 Å². The molecular formula is C14H26N2O2. The molecule has 3 aliphatic heterocycles. The molecule has 0 amide bonds. The molecule has 4 nitrogen and oxygen atoms in total. The van der Waals surface area contributed by atoms with Crippen molar-refractivity contribution in [3.05, 3.63) is 0 Å². The van der Waals surface area contributed by atoms with Crippen LogP contribution in [-0.4, -0.2) is 62.5 Å². The molecule has 18 heavy (non-hydrogen) atoms. The number of nitrogens with one attached hydrogen (secondary N) is 1. The average Bonchev–Trinajstić information content (AvgIpc) is 2.72. The van der Waals surface area contributed by atoms with Crippen LogP contribution < -0.4 is 5.32 Å². The topological polar surface area (TPSA) is 33.7 Å². The summed E-state index contributed by atoms with van der Waals surface area (Å²) in [6, 6.07) is 0.643. The Hall–Kier alpha value is -0.160. The highest BCUT2D eigenvalue weighted by Crippen LogP contribution is 2.27. The predicted octanol–water partition coefficient (Wildman–Crippen LogP) is 0.864. The number of hydrogen-bond acceptors (Lipinski definition) is 4. The van der Waals surface area contributed by atoms with E-state index in [1.807, 2.05) is 0 Å². The van der Waals surface area contributed by atoms with Crippen molar-refractivity contribution in [2.24, 2.45) is 5.92 Å². The number of rotatable bonds is 4. The normalized spacial score (nSPS) is 41.2. The standard InChI is InChI=1S/C14H26N2O2/c1-2-15-14-5-6-17-10-11(14)7-16-8-12-3-4-13(9-16)18-12/h11-15H,2-10H2,1H3. The van der Waals surface area contributed by atoms with Gasteiger partial charge >= 0.3 is 0 Å². The van der Waals surface area contributed by atoms with E-state index in [4.69, 9.17) is 9.47 Å². The zero-order valence-corrected chi connectivity index (χ0v) is 11.4. The molecule has 4 heteroatoms. The van der Waals surface area contributed by atoms with Crippen molar-refractivity contribution < 1.29 is 9.47 Å². The Balaban J connectivity index is 1.54. The Morgan fingerprint density at radius 2 is 1.94 bits per heavy atom. The molecular weight excluding hydrogens is 228 g/mol. The van der Waals surface area contributed by atoms with E-state index in [9.17, 15) is 0 Å². The molecule has 3 saturated heterocycles. The molecule has 3 aliphatic rings. The molecule has 0 aromatic rings. The van der Waals surface area contributed by atoms with E-state index in [-0.39, 0.29) is 0 Å². The van der Waals surface area contributed by atoms with Crippen molar-refractivity contribution in [3.63, 3.8) is 0 Å². The third-order valence-corrected chi connectivity index (χ3v) is 4.55. The second-order valence-corrected chi connectivity index (χ2v) is 5.96. The monoisotopic (exact) mass is 254 g/mol. The number of ether oxygens (including phenoxy) is 2. The summed E-state index contributed by atoms with van der Waals surface area (Å²) in [5.41, 5.74) is 0. The number of likely N-dealkylation sites (tertiary alicyclic amines) is 1. The van der Waals surface area contributed by atoms with Gasteiger partial charge in [0.05, 0.1) is 18.8 Å². The average molecular weight is 254 g/mol. The zero-order valence-electron chi connectivity index (χ0n) is 11.4. The molecule has 0 radical (unpaired) electrons. The van der Waals surface area contributed by atoms with Gasteiger partial charge in [-0.25, -0.2) is 0 Å². The van der Waals surface area contributed by atoms with Gasteiger partial charge in [0, 0.05) is 38.2 Å². The van der Waals surface area contributed by atoms with Crippen LogP contribution in [0.5, 0.6) is 0 Å². The van der Waals surface area contributed by atoms with Gasteiger partial charge in [0.25, 0.3) is 0 Å².